The van der Waals surface area contributed by atoms with Crippen molar-refractivity contribution in [2.75, 3.05) is 6.54 Å². The van der Waals surface area contributed by atoms with Crippen molar-refractivity contribution in [1.82, 2.24) is 34.4 Å². The molecule has 196 valence electrons. The summed E-state index contributed by atoms with van der Waals surface area (Å²) in [7, 11) is 1.74. The fourth-order valence-corrected chi connectivity index (χ4v) is 5.09. The molecule has 4 heterocycles. The predicted octanol–water partition coefficient (Wildman–Crippen LogP) is 3.25. The summed E-state index contributed by atoms with van der Waals surface area (Å²) in [5.74, 6) is -0.323. The minimum atomic E-state index is -1.30. The number of carbonyl (C=O) groups excluding carboxylic acids is 3. The molecule has 38 heavy (non-hydrogen) atoms. The lowest BCUT2D eigenvalue weighted by atomic mass is 10.0. The zero-order chi connectivity index (χ0) is 27.1. The second-order valence-corrected chi connectivity index (χ2v) is 10.2. The van der Waals surface area contributed by atoms with Gasteiger partial charge in [0.25, 0.3) is 0 Å². The number of likely N-dealkylation sites (tertiary alicyclic amines) is 1. The van der Waals surface area contributed by atoms with Crippen molar-refractivity contribution in [2.45, 2.75) is 45.4 Å². The fourth-order valence-electron chi connectivity index (χ4n) is 4.75. The van der Waals surface area contributed by atoms with E-state index in [1.54, 1.807) is 43.2 Å². The highest BCUT2D eigenvalue weighted by Gasteiger charge is 2.40. The maximum absolute atomic E-state index is 14.4. The van der Waals surface area contributed by atoms with Gasteiger partial charge in [0, 0.05) is 43.7 Å². The van der Waals surface area contributed by atoms with Crippen molar-refractivity contribution >= 4 is 44.3 Å². The Labute approximate surface area is 226 Å². The third kappa shape index (κ3) is 5.00. The number of carbonyl (C=O) groups is 3. The molecular weight excluding hydrogens is 557 g/mol. The Morgan fingerprint density at radius 1 is 1.11 bits per heavy atom. The molecule has 0 radical (unpaired) electrons. The second kappa shape index (κ2) is 10.2. The van der Waals surface area contributed by atoms with E-state index in [1.165, 1.54) is 16.5 Å². The van der Waals surface area contributed by atoms with Crippen LogP contribution in [0.1, 0.15) is 35.4 Å². The van der Waals surface area contributed by atoms with Gasteiger partial charge in [-0.3, -0.25) is 23.7 Å². The number of aromatic nitrogens is 6. The first-order valence-electron chi connectivity index (χ1n) is 12.1. The van der Waals surface area contributed by atoms with Crippen molar-refractivity contribution in [3.63, 3.8) is 0 Å². The Balaban J connectivity index is 1.41. The first-order valence-corrected chi connectivity index (χ1v) is 12.8. The molecule has 0 unspecified atom stereocenters. The summed E-state index contributed by atoms with van der Waals surface area (Å²) < 4.78 is 18.2. The molecule has 1 aliphatic heterocycles. The van der Waals surface area contributed by atoms with Gasteiger partial charge in [0.2, 0.25) is 5.91 Å². The van der Waals surface area contributed by atoms with Gasteiger partial charge in [-0.2, -0.15) is 10.2 Å². The molecule has 0 aliphatic carbocycles. The summed E-state index contributed by atoms with van der Waals surface area (Å²) in [6, 6.07) is 6.27. The van der Waals surface area contributed by atoms with Crippen molar-refractivity contribution in [1.29, 1.82) is 0 Å². The van der Waals surface area contributed by atoms with Gasteiger partial charge in [-0.15, -0.1) is 0 Å². The summed E-state index contributed by atoms with van der Waals surface area (Å²) in [6.07, 6.45) is 2.04. The van der Waals surface area contributed by atoms with Crippen LogP contribution in [0.25, 0.3) is 22.0 Å². The van der Waals surface area contributed by atoms with E-state index in [0.29, 0.717) is 27.0 Å². The summed E-state index contributed by atoms with van der Waals surface area (Å²) in [4.78, 5) is 48.5. The van der Waals surface area contributed by atoms with E-state index >= 15 is 0 Å². The summed E-state index contributed by atoms with van der Waals surface area (Å²) >= 11 is 3.35. The van der Waals surface area contributed by atoms with E-state index in [0.717, 1.165) is 11.1 Å². The molecule has 0 N–H and O–H groups in total. The molecule has 1 fully saturated rings. The maximum atomic E-state index is 14.4. The monoisotopic (exact) mass is 581 g/mol. The fraction of sp³-hybridized carbons (Fsp3) is 0.346. The number of amides is 1. The largest absolute Gasteiger partial charge is 0.328 e. The normalized spacial score (nSPS) is 17.3. The molecule has 1 amide bonds. The summed E-state index contributed by atoms with van der Waals surface area (Å²) in [6.45, 7) is 2.80. The van der Waals surface area contributed by atoms with Crippen LogP contribution in [0.5, 0.6) is 0 Å². The standard InChI is InChI=1S/C26H25BrFN7O3/c1-14(36)26-20-6-16(17-10-29-15(2)30-11-17)4-5-21(20)35(32-26)13-25(38)34-12-18(28)7-22(34)23(37)8-19-9-24(27)33(3)31-19/h4-6,9-11,18,22H,7-8,12-13H2,1-3H3/t18-,22+/m1/s1. The highest BCUT2D eigenvalue weighted by molar-refractivity contribution is 9.10. The van der Waals surface area contributed by atoms with E-state index in [4.69, 9.17) is 0 Å². The quantitative estimate of drug-likeness (QED) is 0.307. The van der Waals surface area contributed by atoms with E-state index in [1.807, 2.05) is 12.1 Å². The van der Waals surface area contributed by atoms with Gasteiger partial charge in [-0.05, 0) is 46.6 Å². The van der Waals surface area contributed by atoms with Crippen molar-refractivity contribution in [3.8, 4) is 11.1 Å². The number of hydrogen-bond acceptors (Lipinski definition) is 7. The summed E-state index contributed by atoms with van der Waals surface area (Å²) in [5.41, 5.74) is 2.93. The molecule has 1 aromatic carbocycles. The molecule has 4 aromatic rings. The number of halogens is 2. The molecule has 2 atom stereocenters. The van der Waals surface area contributed by atoms with E-state index in [9.17, 15) is 18.8 Å². The van der Waals surface area contributed by atoms with Gasteiger partial charge >= 0.3 is 0 Å². The predicted molar refractivity (Wildman–Crippen MR) is 140 cm³/mol. The number of aryl methyl sites for hydroxylation is 2. The highest BCUT2D eigenvalue weighted by atomic mass is 79.9. The van der Waals surface area contributed by atoms with Crippen LogP contribution in [-0.2, 0) is 29.6 Å². The van der Waals surface area contributed by atoms with Gasteiger partial charge in [0.15, 0.2) is 11.6 Å². The Hall–Kier alpha value is -3.80. The maximum Gasteiger partial charge on any atom is 0.245 e. The van der Waals surface area contributed by atoms with Crippen LogP contribution in [0.3, 0.4) is 0 Å². The van der Waals surface area contributed by atoms with Gasteiger partial charge in [-0.1, -0.05) is 6.07 Å². The Kier molecular flexibility index (Phi) is 6.91. The van der Waals surface area contributed by atoms with Gasteiger partial charge in [0.1, 0.15) is 28.8 Å². The average Bonchev–Trinajstić information content (AvgIpc) is 3.54. The molecule has 3 aromatic heterocycles. The number of hydrogen-bond donors (Lipinski definition) is 0. The van der Waals surface area contributed by atoms with Gasteiger partial charge in [-0.25, -0.2) is 14.4 Å². The molecule has 0 saturated carbocycles. The van der Waals surface area contributed by atoms with Gasteiger partial charge < -0.3 is 4.90 Å². The first-order chi connectivity index (χ1) is 18.1. The van der Waals surface area contributed by atoms with Crippen molar-refractivity contribution < 1.29 is 18.8 Å². The van der Waals surface area contributed by atoms with Crippen molar-refractivity contribution in [3.05, 3.63) is 58.5 Å². The van der Waals surface area contributed by atoms with Crippen LogP contribution in [-0.4, -0.2) is 70.7 Å². The molecule has 12 heteroatoms. The molecule has 1 aliphatic rings. The van der Waals surface area contributed by atoms with Gasteiger partial charge in [0.05, 0.1) is 30.2 Å². The topological polar surface area (TPSA) is 116 Å². The molecule has 0 spiro atoms. The third-order valence-corrected chi connectivity index (χ3v) is 7.40. The lowest BCUT2D eigenvalue weighted by Crippen LogP contribution is -2.43. The smallest absolute Gasteiger partial charge is 0.245 e. The Morgan fingerprint density at radius 3 is 2.50 bits per heavy atom. The zero-order valence-electron chi connectivity index (χ0n) is 21.1. The number of rotatable bonds is 7. The van der Waals surface area contributed by atoms with Crippen LogP contribution in [0, 0.1) is 6.92 Å². The number of benzene rings is 1. The number of nitrogens with zero attached hydrogens (tertiary/aromatic N) is 7. The molecule has 1 saturated heterocycles. The zero-order valence-corrected chi connectivity index (χ0v) is 22.6. The van der Waals surface area contributed by atoms with E-state index in [2.05, 4.69) is 36.1 Å². The number of alkyl halides is 1. The third-order valence-electron chi connectivity index (χ3n) is 6.65. The first kappa shape index (κ1) is 25.8. The second-order valence-electron chi connectivity index (χ2n) is 9.43. The molecule has 10 nitrogen and oxygen atoms in total. The lowest BCUT2D eigenvalue weighted by Gasteiger charge is -2.23. The van der Waals surface area contributed by atoms with Crippen LogP contribution in [0.15, 0.2) is 41.3 Å². The Morgan fingerprint density at radius 2 is 1.84 bits per heavy atom. The Bertz CT molecular complexity index is 1540. The molecule has 0 bridgehead atoms. The minimum absolute atomic E-state index is 0.00864. The SMILES string of the molecule is CC(=O)c1nn(CC(=O)N2C[C@H](F)C[C@H]2C(=O)Cc2cc(Br)n(C)n2)c2ccc(-c3cnc(C)nc3)cc12. The molecule has 5 rings (SSSR count). The lowest BCUT2D eigenvalue weighted by molar-refractivity contribution is -0.138. The van der Waals surface area contributed by atoms with E-state index in [-0.39, 0.29) is 43.2 Å². The molecular formula is C26H25BrFN7O3. The minimum Gasteiger partial charge on any atom is -0.328 e. The number of Topliss-reactive ketones (excluding diaryl/α,β-unsaturated/α-hetero) is 2. The number of fused-ring (bicyclic) bond motifs is 1. The van der Waals surface area contributed by atoms with Crippen LogP contribution >= 0.6 is 15.9 Å². The van der Waals surface area contributed by atoms with Crippen LogP contribution < -0.4 is 0 Å². The van der Waals surface area contributed by atoms with Crippen LogP contribution in [0.4, 0.5) is 4.39 Å². The average molecular weight is 582 g/mol. The van der Waals surface area contributed by atoms with Crippen LogP contribution in [0.2, 0.25) is 0 Å². The van der Waals surface area contributed by atoms with E-state index < -0.39 is 18.1 Å². The number of ketones is 2. The summed E-state index contributed by atoms with van der Waals surface area (Å²) in [5, 5.41) is 9.26. The highest BCUT2D eigenvalue weighted by Crippen LogP contribution is 2.28. The van der Waals surface area contributed by atoms with Crippen molar-refractivity contribution in [2.24, 2.45) is 7.05 Å².